The predicted molar refractivity (Wildman–Crippen MR) is 231 cm³/mol. The van der Waals surface area contributed by atoms with Crippen LogP contribution in [-0.2, 0) is 0 Å². The Kier molecular flexibility index (Phi) is 6.63. The average Bonchev–Trinajstić information content (AvgIpc) is 3.83. The van der Waals surface area contributed by atoms with E-state index in [0.29, 0.717) is 5.84 Å². The van der Waals surface area contributed by atoms with E-state index in [4.69, 9.17) is 18.8 Å². The second-order valence-electron chi connectivity index (χ2n) is 14.6. The number of fused-ring (bicyclic) bond motifs is 9. The van der Waals surface area contributed by atoms with Crippen molar-refractivity contribution in [2.75, 3.05) is 0 Å². The molecule has 1 unspecified atom stereocenters. The molecule has 0 amide bonds. The molecule has 11 aromatic rings. The first-order valence-electron chi connectivity index (χ1n) is 18.9. The number of hydrogen-bond acceptors (Lipinski definition) is 5. The van der Waals surface area contributed by atoms with Crippen molar-refractivity contribution in [2.45, 2.75) is 6.17 Å². The minimum Gasteiger partial charge on any atom is -0.456 e. The zero-order valence-electron chi connectivity index (χ0n) is 30.0. The topological polar surface area (TPSA) is 63.0 Å². The number of hydrogen-bond donors (Lipinski definition) is 1. The fraction of sp³-hybridized carbons (Fsp3) is 0.0196. The van der Waals surface area contributed by atoms with Gasteiger partial charge in [-0.15, -0.1) is 0 Å². The van der Waals surface area contributed by atoms with Gasteiger partial charge in [0.25, 0.3) is 0 Å². The van der Waals surface area contributed by atoms with E-state index in [-0.39, 0.29) is 6.17 Å². The monoisotopic (exact) mass is 717 g/mol. The van der Waals surface area contributed by atoms with E-state index in [1.165, 1.54) is 21.5 Å². The van der Waals surface area contributed by atoms with Gasteiger partial charge in [0.1, 0.15) is 34.3 Å². The van der Waals surface area contributed by atoms with Crippen molar-refractivity contribution in [3.63, 3.8) is 0 Å². The predicted octanol–water partition coefficient (Wildman–Crippen LogP) is 13.1. The number of rotatable bonds is 4. The van der Waals surface area contributed by atoms with Gasteiger partial charge in [0, 0.05) is 38.2 Å². The van der Waals surface area contributed by atoms with Gasteiger partial charge in [0.2, 0.25) is 0 Å². The maximum absolute atomic E-state index is 6.78. The summed E-state index contributed by atoms with van der Waals surface area (Å²) in [6.07, 6.45) is -0.366. The summed E-state index contributed by atoms with van der Waals surface area (Å²) in [5.74, 6) is 1.42. The average molecular weight is 718 g/mol. The van der Waals surface area contributed by atoms with Crippen LogP contribution in [0.1, 0.15) is 22.9 Å². The van der Waals surface area contributed by atoms with Gasteiger partial charge < -0.3 is 14.2 Å². The molecule has 2 aromatic heterocycles. The lowest BCUT2D eigenvalue weighted by Gasteiger charge is -2.24. The molecule has 1 atom stereocenters. The van der Waals surface area contributed by atoms with Crippen LogP contribution in [0.15, 0.2) is 195 Å². The fourth-order valence-electron chi connectivity index (χ4n) is 8.47. The van der Waals surface area contributed by atoms with Gasteiger partial charge in [0.05, 0.1) is 0 Å². The zero-order chi connectivity index (χ0) is 36.7. The van der Waals surface area contributed by atoms with Gasteiger partial charge in [-0.2, -0.15) is 0 Å². The molecule has 1 aliphatic heterocycles. The van der Waals surface area contributed by atoms with Crippen molar-refractivity contribution in [2.24, 2.45) is 9.98 Å². The lowest BCUT2D eigenvalue weighted by molar-refractivity contribution is 0.668. The van der Waals surface area contributed by atoms with Gasteiger partial charge in [-0.1, -0.05) is 121 Å². The maximum Gasteiger partial charge on any atom is 0.160 e. The van der Waals surface area contributed by atoms with Crippen molar-refractivity contribution >= 4 is 87.9 Å². The Labute approximate surface area is 320 Å². The van der Waals surface area contributed by atoms with Crippen LogP contribution in [0.4, 0.5) is 0 Å². The number of furan rings is 2. The molecule has 262 valence electrons. The van der Waals surface area contributed by atoms with E-state index in [1.54, 1.807) is 0 Å². The molecule has 12 rings (SSSR count). The van der Waals surface area contributed by atoms with Gasteiger partial charge >= 0.3 is 0 Å². The molecule has 0 fully saturated rings. The van der Waals surface area contributed by atoms with Crippen LogP contribution >= 0.6 is 0 Å². The molecule has 1 N–H and O–H groups in total. The Morgan fingerprint density at radius 2 is 1.05 bits per heavy atom. The van der Waals surface area contributed by atoms with Gasteiger partial charge in [-0.05, 0) is 98.0 Å². The highest BCUT2D eigenvalue weighted by Crippen LogP contribution is 2.41. The molecule has 0 saturated heterocycles. The molecule has 0 saturated carbocycles. The van der Waals surface area contributed by atoms with Crippen molar-refractivity contribution in [3.8, 4) is 11.1 Å². The lowest BCUT2D eigenvalue weighted by atomic mass is 9.96. The molecule has 56 heavy (non-hydrogen) atoms. The smallest absolute Gasteiger partial charge is 0.160 e. The normalized spacial score (nSPS) is 14.6. The Hall–Kier alpha value is -7.50. The highest BCUT2D eigenvalue weighted by molar-refractivity contribution is 6.24. The molecule has 0 radical (unpaired) electrons. The van der Waals surface area contributed by atoms with E-state index in [0.717, 1.165) is 88.3 Å². The fourth-order valence-corrected chi connectivity index (χ4v) is 8.47. The van der Waals surface area contributed by atoms with Crippen LogP contribution in [-0.4, -0.2) is 11.7 Å². The van der Waals surface area contributed by atoms with Crippen LogP contribution in [0.2, 0.25) is 0 Å². The summed E-state index contributed by atoms with van der Waals surface area (Å²) in [7, 11) is 0. The first-order chi connectivity index (χ1) is 27.7. The Morgan fingerprint density at radius 3 is 1.88 bits per heavy atom. The molecule has 5 nitrogen and oxygen atoms in total. The summed E-state index contributed by atoms with van der Waals surface area (Å²) in [6, 6.07) is 61.7. The third-order valence-electron chi connectivity index (χ3n) is 11.3. The summed E-state index contributed by atoms with van der Waals surface area (Å²) in [6.45, 7) is 0. The molecule has 1 aliphatic rings. The van der Waals surface area contributed by atoms with Crippen molar-refractivity contribution in [1.82, 2.24) is 5.32 Å². The minimum absolute atomic E-state index is 0.366. The highest BCUT2D eigenvalue weighted by atomic mass is 16.3. The minimum atomic E-state index is -0.366. The molecule has 0 spiro atoms. The van der Waals surface area contributed by atoms with Crippen LogP contribution < -0.4 is 5.32 Å². The number of aliphatic imine (C=N–C) groups is 2. The van der Waals surface area contributed by atoms with Crippen molar-refractivity contribution in [1.29, 1.82) is 0 Å². The van der Waals surface area contributed by atoms with Crippen molar-refractivity contribution < 1.29 is 8.83 Å². The SMILES string of the molecule is c1ccc2cc(C3=NC(c4ccc(-c5ccc6oc7cc8ccccc8cc7c6c5)c5oc6ccccc6c45)=NC(c4ccc5ccccc5c4)N3)ccc2c1. The summed E-state index contributed by atoms with van der Waals surface area (Å²) in [5, 5.41) is 14.9. The van der Waals surface area contributed by atoms with Crippen LogP contribution in [0, 0.1) is 0 Å². The van der Waals surface area contributed by atoms with Crippen LogP contribution in [0.5, 0.6) is 0 Å². The van der Waals surface area contributed by atoms with Gasteiger partial charge in [0.15, 0.2) is 5.84 Å². The second-order valence-corrected chi connectivity index (χ2v) is 14.6. The third-order valence-corrected chi connectivity index (χ3v) is 11.3. The summed E-state index contributed by atoms with van der Waals surface area (Å²) < 4.78 is 13.2. The Balaban J connectivity index is 1.06. The lowest BCUT2D eigenvalue weighted by Crippen LogP contribution is -2.33. The largest absolute Gasteiger partial charge is 0.456 e. The molecule has 0 aliphatic carbocycles. The maximum atomic E-state index is 6.78. The molecule has 9 aromatic carbocycles. The van der Waals surface area contributed by atoms with Crippen LogP contribution in [0.25, 0.3) is 87.3 Å². The second kappa shape index (κ2) is 12.0. The first-order valence-corrected chi connectivity index (χ1v) is 18.9. The first kappa shape index (κ1) is 30.9. The number of nitrogens with one attached hydrogen (secondary N) is 1. The van der Waals surface area contributed by atoms with E-state index in [1.807, 2.05) is 12.1 Å². The highest BCUT2D eigenvalue weighted by Gasteiger charge is 2.25. The third kappa shape index (κ3) is 4.88. The van der Waals surface area contributed by atoms with E-state index in [9.17, 15) is 0 Å². The molecule has 0 bridgehead atoms. The zero-order valence-corrected chi connectivity index (χ0v) is 30.0. The van der Waals surface area contributed by atoms with Gasteiger partial charge in [-0.25, -0.2) is 9.98 Å². The summed E-state index contributed by atoms with van der Waals surface area (Å²) in [4.78, 5) is 10.7. The Morgan fingerprint density at radius 1 is 0.429 bits per heavy atom. The molecule has 3 heterocycles. The van der Waals surface area contributed by atoms with Gasteiger partial charge in [-0.3, -0.25) is 0 Å². The molecular weight excluding hydrogens is 687 g/mol. The van der Waals surface area contributed by atoms with E-state index < -0.39 is 0 Å². The number of para-hydroxylation sites is 1. The quantitative estimate of drug-likeness (QED) is 0.197. The Bertz CT molecular complexity index is 3480. The number of nitrogens with zero attached hydrogens (tertiary/aromatic N) is 2. The molecular formula is C51H31N3O2. The summed E-state index contributed by atoms with van der Waals surface area (Å²) >= 11 is 0. The van der Waals surface area contributed by atoms with Crippen molar-refractivity contribution in [3.05, 3.63) is 193 Å². The number of benzene rings is 9. The number of amidine groups is 2. The van der Waals surface area contributed by atoms with E-state index >= 15 is 0 Å². The summed E-state index contributed by atoms with van der Waals surface area (Å²) in [5.41, 5.74) is 8.38. The standard InChI is InChI=1S/C51H31N3O2/c1-3-11-32-25-37(19-17-30(32)9-1)49-52-50(38-20-18-31-10-2-4-12-33(31)26-38)54-51(53-49)41-23-22-39(48-47(41)40-15-7-8-16-44(40)56-48)36-21-24-45-42(28-36)43-27-34-13-5-6-14-35(34)29-46(43)55-45/h1-29,49H,(H,52,53,54). The van der Waals surface area contributed by atoms with Crippen LogP contribution in [0.3, 0.4) is 0 Å². The van der Waals surface area contributed by atoms with E-state index in [2.05, 4.69) is 169 Å². The molecule has 5 heteroatoms.